The van der Waals surface area contributed by atoms with Crippen LogP contribution in [0, 0.1) is 5.82 Å². The van der Waals surface area contributed by atoms with Crippen LogP contribution in [0.15, 0.2) is 86.5 Å². The van der Waals surface area contributed by atoms with Crippen LogP contribution in [0.3, 0.4) is 0 Å². The van der Waals surface area contributed by atoms with E-state index in [2.05, 4.69) is 33.4 Å². The van der Waals surface area contributed by atoms with Crippen molar-refractivity contribution in [3.8, 4) is 22.4 Å². The molecular formula is C26H21FN4. The van der Waals surface area contributed by atoms with Gasteiger partial charge in [-0.05, 0) is 46.0 Å². The highest BCUT2D eigenvalue weighted by molar-refractivity contribution is 5.72. The first kappa shape index (κ1) is 20.2. The van der Waals surface area contributed by atoms with E-state index in [1.807, 2.05) is 54.6 Å². The molecule has 4 rings (SSSR count). The summed E-state index contributed by atoms with van der Waals surface area (Å²) < 4.78 is 15.1. The number of pyridine rings is 1. The summed E-state index contributed by atoms with van der Waals surface area (Å²) in [5.41, 5.74) is 5.91. The van der Waals surface area contributed by atoms with Crippen molar-refractivity contribution in [1.29, 1.82) is 0 Å². The van der Waals surface area contributed by atoms with E-state index < -0.39 is 5.82 Å². The van der Waals surface area contributed by atoms with Gasteiger partial charge in [0.1, 0.15) is 12.0 Å². The molecule has 0 amide bonds. The van der Waals surface area contributed by atoms with E-state index in [0.29, 0.717) is 12.1 Å². The van der Waals surface area contributed by atoms with Crippen LogP contribution < -0.4 is 5.32 Å². The fourth-order valence-electron chi connectivity index (χ4n) is 3.32. The van der Waals surface area contributed by atoms with Gasteiger partial charge in [0.2, 0.25) is 0 Å². The monoisotopic (exact) mass is 408 g/mol. The van der Waals surface area contributed by atoms with Crippen molar-refractivity contribution < 1.29 is 4.39 Å². The summed E-state index contributed by atoms with van der Waals surface area (Å²) in [5, 5.41) is 3.08. The van der Waals surface area contributed by atoms with Crippen LogP contribution in [-0.4, -0.2) is 15.0 Å². The Kier molecular flexibility index (Phi) is 5.94. The molecule has 0 atom stereocenters. The highest BCUT2D eigenvalue weighted by Gasteiger charge is 2.14. The molecule has 0 aliphatic heterocycles. The van der Waals surface area contributed by atoms with Crippen molar-refractivity contribution in [2.75, 3.05) is 5.32 Å². The normalized spacial score (nSPS) is 10.5. The number of halogens is 1. The Morgan fingerprint density at radius 3 is 2.19 bits per heavy atom. The zero-order valence-corrected chi connectivity index (χ0v) is 16.9. The first-order valence-corrected chi connectivity index (χ1v) is 9.82. The van der Waals surface area contributed by atoms with Crippen LogP contribution in [0.4, 0.5) is 10.2 Å². The minimum absolute atomic E-state index is 0.163. The third kappa shape index (κ3) is 4.41. The van der Waals surface area contributed by atoms with E-state index in [1.165, 1.54) is 6.33 Å². The van der Waals surface area contributed by atoms with Gasteiger partial charge >= 0.3 is 0 Å². The molecule has 2 aromatic carbocycles. The predicted octanol–water partition coefficient (Wildman–Crippen LogP) is 6.24. The highest BCUT2D eigenvalue weighted by atomic mass is 19.1. The number of benzene rings is 2. The Bertz CT molecular complexity index is 1220. The van der Waals surface area contributed by atoms with Crippen LogP contribution in [0.25, 0.3) is 34.5 Å². The van der Waals surface area contributed by atoms with Crippen molar-refractivity contribution in [2.24, 2.45) is 0 Å². The van der Waals surface area contributed by atoms with Crippen LogP contribution in [0.1, 0.15) is 16.7 Å². The van der Waals surface area contributed by atoms with Crippen molar-refractivity contribution >= 4 is 18.0 Å². The van der Waals surface area contributed by atoms with E-state index >= 15 is 4.39 Å². The third-order valence-electron chi connectivity index (χ3n) is 5.02. The average Bonchev–Trinajstić information content (AvgIpc) is 2.84. The molecule has 1 N–H and O–H groups in total. The Hall–Kier alpha value is -4.12. The molecule has 4 aromatic rings. The fraction of sp³-hybridized carbons (Fsp3) is 0.0385. The largest absolute Gasteiger partial charge is 0.363 e. The number of nitrogens with zero attached hydrogens (tertiary/aromatic N) is 3. The number of aromatic nitrogens is 3. The van der Waals surface area contributed by atoms with Crippen LogP contribution in [-0.2, 0) is 6.54 Å². The molecule has 0 fully saturated rings. The maximum atomic E-state index is 15.1. The molecule has 4 nitrogen and oxygen atoms in total. The summed E-state index contributed by atoms with van der Waals surface area (Å²) in [6.07, 6.45) is 8.35. The lowest BCUT2D eigenvalue weighted by atomic mass is 10.0. The molecule has 0 aliphatic carbocycles. The van der Waals surface area contributed by atoms with Gasteiger partial charge in [0.15, 0.2) is 11.6 Å². The first-order chi connectivity index (χ1) is 15.2. The average molecular weight is 408 g/mol. The zero-order valence-electron chi connectivity index (χ0n) is 16.9. The molecule has 2 aromatic heterocycles. The lowest BCUT2D eigenvalue weighted by Crippen LogP contribution is -2.05. The molecule has 0 aliphatic rings. The quantitative estimate of drug-likeness (QED) is 0.393. The summed E-state index contributed by atoms with van der Waals surface area (Å²) >= 11 is 0. The summed E-state index contributed by atoms with van der Waals surface area (Å²) in [5.74, 6) is -0.326. The molecule has 0 bridgehead atoms. The van der Waals surface area contributed by atoms with Gasteiger partial charge in [-0.3, -0.25) is 4.98 Å². The Balaban J connectivity index is 1.53. The zero-order chi connectivity index (χ0) is 21.6. The maximum Gasteiger partial charge on any atom is 0.191 e. The Morgan fingerprint density at radius 2 is 1.48 bits per heavy atom. The Labute approximate surface area is 180 Å². The molecule has 2 heterocycles. The number of anilines is 1. The van der Waals surface area contributed by atoms with Crippen molar-refractivity contribution in [3.63, 3.8) is 0 Å². The summed E-state index contributed by atoms with van der Waals surface area (Å²) in [7, 11) is 0. The number of nitrogens with one attached hydrogen (secondary N) is 1. The second-order valence-electron chi connectivity index (χ2n) is 6.92. The smallest absolute Gasteiger partial charge is 0.191 e. The minimum Gasteiger partial charge on any atom is -0.363 e. The molecular weight excluding hydrogens is 387 g/mol. The molecule has 31 heavy (non-hydrogen) atoms. The molecule has 0 radical (unpaired) electrons. The van der Waals surface area contributed by atoms with Gasteiger partial charge in [-0.2, -0.15) is 0 Å². The summed E-state index contributed by atoms with van der Waals surface area (Å²) in [6, 6.07) is 17.5. The van der Waals surface area contributed by atoms with Crippen LogP contribution in [0.2, 0.25) is 0 Å². The van der Waals surface area contributed by atoms with Crippen molar-refractivity contribution in [1.82, 2.24) is 15.0 Å². The molecule has 152 valence electrons. The van der Waals surface area contributed by atoms with Gasteiger partial charge in [-0.1, -0.05) is 61.7 Å². The van der Waals surface area contributed by atoms with E-state index in [-0.39, 0.29) is 11.5 Å². The standard InChI is InChI=1S/C26H21FN4/c1-3-19-9-10-23(15-20(19)4-2)25-24(27)26(31-17-30-25)29-16-18-5-7-21(8-6-18)22-11-13-28-14-12-22/h3-15,17H,1-2,16H2,(H,29,30,31). The second kappa shape index (κ2) is 9.13. The lowest BCUT2D eigenvalue weighted by Gasteiger charge is -2.11. The van der Waals surface area contributed by atoms with Gasteiger partial charge in [0.05, 0.1) is 0 Å². The van der Waals surface area contributed by atoms with Gasteiger partial charge in [-0.15, -0.1) is 0 Å². The van der Waals surface area contributed by atoms with Gasteiger partial charge in [0, 0.05) is 24.5 Å². The van der Waals surface area contributed by atoms with E-state index in [9.17, 15) is 0 Å². The third-order valence-corrected chi connectivity index (χ3v) is 5.02. The topological polar surface area (TPSA) is 50.7 Å². The molecule has 0 saturated heterocycles. The molecule has 0 unspecified atom stereocenters. The second-order valence-corrected chi connectivity index (χ2v) is 6.92. The fourth-order valence-corrected chi connectivity index (χ4v) is 3.32. The summed E-state index contributed by atoms with van der Waals surface area (Å²) in [4.78, 5) is 12.3. The van der Waals surface area contributed by atoms with E-state index in [4.69, 9.17) is 0 Å². The summed E-state index contributed by atoms with van der Waals surface area (Å²) in [6.45, 7) is 8.04. The van der Waals surface area contributed by atoms with E-state index in [0.717, 1.165) is 27.8 Å². The predicted molar refractivity (Wildman–Crippen MR) is 125 cm³/mol. The molecule has 0 spiro atoms. The molecule has 5 heteroatoms. The number of rotatable bonds is 7. The van der Waals surface area contributed by atoms with Gasteiger partial charge < -0.3 is 5.32 Å². The van der Waals surface area contributed by atoms with Crippen molar-refractivity contribution in [2.45, 2.75) is 6.54 Å². The number of hydrogen-bond donors (Lipinski definition) is 1. The van der Waals surface area contributed by atoms with Crippen LogP contribution >= 0.6 is 0 Å². The van der Waals surface area contributed by atoms with Crippen molar-refractivity contribution in [3.05, 3.63) is 109 Å². The maximum absolute atomic E-state index is 15.1. The minimum atomic E-state index is -0.489. The van der Waals surface area contributed by atoms with Crippen LogP contribution in [0.5, 0.6) is 0 Å². The molecule has 0 saturated carbocycles. The first-order valence-electron chi connectivity index (χ1n) is 9.82. The SMILES string of the molecule is C=Cc1ccc(-c2ncnc(NCc3ccc(-c4ccncc4)cc3)c2F)cc1C=C. The van der Waals surface area contributed by atoms with E-state index in [1.54, 1.807) is 24.5 Å². The van der Waals surface area contributed by atoms with Gasteiger partial charge in [-0.25, -0.2) is 14.4 Å². The number of hydrogen-bond acceptors (Lipinski definition) is 4. The Morgan fingerprint density at radius 1 is 0.806 bits per heavy atom. The van der Waals surface area contributed by atoms with Gasteiger partial charge in [0.25, 0.3) is 0 Å². The lowest BCUT2D eigenvalue weighted by molar-refractivity contribution is 0.621. The highest BCUT2D eigenvalue weighted by Crippen LogP contribution is 2.27.